The van der Waals surface area contributed by atoms with E-state index in [-0.39, 0.29) is 17.2 Å². The Labute approximate surface area is 166 Å². The molecule has 2 fully saturated rings. The molecule has 2 aliphatic rings. The van der Waals surface area contributed by atoms with Gasteiger partial charge in [0.05, 0.1) is 32.6 Å². The first-order valence-corrected chi connectivity index (χ1v) is 11.0. The lowest BCUT2D eigenvalue weighted by Crippen LogP contribution is -2.50. The number of amides is 1. The molecular formula is C19H28N2O6S. The fourth-order valence-electron chi connectivity index (χ4n) is 4.34. The first-order chi connectivity index (χ1) is 13.2. The Morgan fingerprint density at radius 1 is 1.21 bits per heavy atom. The van der Waals surface area contributed by atoms with Gasteiger partial charge in [0, 0.05) is 44.8 Å². The Morgan fingerprint density at radius 3 is 2.57 bits per heavy atom. The lowest BCUT2D eigenvalue weighted by molar-refractivity contribution is 0.00333. The minimum atomic E-state index is -3.29. The monoisotopic (exact) mass is 412 g/mol. The number of methoxy groups -OCH3 is 3. The minimum absolute atomic E-state index is 0.0316. The van der Waals surface area contributed by atoms with E-state index < -0.39 is 10.0 Å². The van der Waals surface area contributed by atoms with E-state index in [4.69, 9.17) is 14.2 Å². The highest BCUT2D eigenvalue weighted by Gasteiger charge is 2.52. The van der Waals surface area contributed by atoms with Gasteiger partial charge in [-0.25, -0.2) is 12.7 Å². The predicted octanol–water partition coefficient (Wildman–Crippen LogP) is 1.07. The maximum atomic E-state index is 13.2. The number of sulfonamides is 1. The summed E-state index contributed by atoms with van der Waals surface area (Å²) in [4.78, 5) is 14.9. The van der Waals surface area contributed by atoms with Crippen LogP contribution in [0, 0.1) is 11.3 Å². The highest BCUT2D eigenvalue weighted by molar-refractivity contribution is 7.88. The summed E-state index contributed by atoms with van der Waals surface area (Å²) in [7, 11) is 1.43. The van der Waals surface area contributed by atoms with Gasteiger partial charge in [0.25, 0.3) is 5.91 Å². The molecule has 0 saturated carbocycles. The SMILES string of the molecule is COC[C@@]12CCN(C(=O)c3ccc(OC)cc3OC)C[C@@H]1CN(S(C)(=O)=O)C2. The molecule has 2 saturated heterocycles. The Bertz CT molecular complexity index is 843. The summed E-state index contributed by atoms with van der Waals surface area (Å²) >= 11 is 0. The first kappa shape index (κ1) is 20.9. The third-order valence-electron chi connectivity index (χ3n) is 5.93. The van der Waals surface area contributed by atoms with Crippen molar-refractivity contribution in [2.45, 2.75) is 6.42 Å². The van der Waals surface area contributed by atoms with E-state index in [1.165, 1.54) is 17.7 Å². The van der Waals surface area contributed by atoms with E-state index >= 15 is 0 Å². The van der Waals surface area contributed by atoms with Gasteiger partial charge < -0.3 is 19.1 Å². The van der Waals surface area contributed by atoms with E-state index in [1.54, 1.807) is 37.3 Å². The molecule has 9 heteroatoms. The number of benzene rings is 1. The summed E-state index contributed by atoms with van der Waals surface area (Å²) in [6, 6.07) is 5.12. The van der Waals surface area contributed by atoms with Crippen LogP contribution >= 0.6 is 0 Å². The van der Waals surface area contributed by atoms with Crippen LogP contribution in [0.4, 0.5) is 0 Å². The van der Waals surface area contributed by atoms with Crippen molar-refractivity contribution in [3.05, 3.63) is 23.8 Å². The quantitative estimate of drug-likeness (QED) is 0.695. The smallest absolute Gasteiger partial charge is 0.257 e. The third-order valence-corrected chi connectivity index (χ3v) is 7.15. The number of ether oxygens (including phenoxy) is 3. The van der Waals surface area contributed by atoms with Gasteiger partial charge in [0.2, 0.25) is 10.0 Å². The first-order valence-electron chi connectivity index (χ1n) is 9.19. The topological polar surface area (TPSA) is 85.4 Å². The molecule has 8 nitrogen and oxygen atoms in total. The molecule has 156 valence electrons. The van der Waals surface area contributed by atoms with E-state index in [0.29, 0.717) is 56.3 Å². The van der Waals surface area contributed by atoms with Crippen molar-refractivity contribution in [3.63, 3.8) is 0 Å². The Kier molecular flexibility index (Phi) is 5.88. The highest BCUT2D eigenvalue weighted by Crippen LogP contribution is 2.44. The standard InChI is InChI=1S/C19H28N2O6S/c1-25-13-19-7-8-20(10-14(19)11-21(12-19)28(4,23)24)18(22)16-6-5-15(26-2)9-17(16)27-3/h5-6,9,14H,7-8,10-13H2,1-4H3/t14-,19+/m1/s1. The van der Waals surface area contributed by atoms with Crippen LogP contribution in [0.25, 0.3) is 0 Å². The zero-order valence-corrected chi connectivity index (χ0v) is 17.6. The third kappa shape index (κ3) is 3.83. The molecule has 3 rings (SSSR count). The lowest BCUT2D eigenvalue weighted by Gasteiger charge is -2.43. The second-order valence-electron chi connectivity index (χ2n) is 7.62. The van der Waals surface area contributed by atoms with Gasteiger partial charge in [-0.15, -0.1) is 0 Å². The molecule has 28 heavy (non-hydrogen) atoms. The summed E-state index contributed by atoms with van der Waals surface area (Å²) in [5.74, 6) is 0.987. The van der Waals surface area contributed by atoms with Crippen LogP contribution in [0.1, 0.15) is 16.8 Å². The lowest BCUT2D eigenvalue weighted by atomic mass is 9.73. The van der Waals surface area contributed by atoms with Crippen molar-refractivity contribution in [1.82, 2.24) is 9.21 Å². The second kappa shape index (κ2) is 7.88. The maximum Gasteiger partial charge on any atom is 0.257 e. The molecule has 0 radical (unpaired) electrons. The maximum absolute atomic E-state index is 13.2. The fourth-order valence-corrected chi connectivity index (χ4v) is 5.28. The van der Waals surface area contributed by atoms with E-state index in [2.05, 4.69) is 0 Å². The van der Waals surface area contributed by atoms with Gasteiger partial charge in [-0.3, -0.25) is 4.79 Å². The molecule has 0 aliphatic carbocycles. The highest BCUT2D eigenvalue weighted by atomic mass is 32.2. The molecule has 2 heterocycles. The average Bonchev–Trinajstić information content (AvgIpc) is 3.06. The van der Waals surface area contributed by atoms with Gasteiger partial charge >= 0.3 is 0 Å². The van der Waals surface area contributed by atoms with Crippen LogP contribution in [0.15, 0.2) is 18.2 Å². The van der Waals surface area contributed by atoms with Crippen molar-refractivity contribution in [2.24, 2.45) is 11.3 Å². The number of carbonyl (C=O) groups excluding carboxylic acids is 1. The van der Waals surface area contributed by atoms with Crippen LogP contribution < -0.4 is 9.47 Å². The molecule has 2 aliphatic heterocycles. The zero-order valence-electron chi connectivity index (χ0n) is 16.8. The zero-order chi connectivity index (χ0) is 20.5. The second-order valence-corrected chi connectivity index (χ2v) is 9.60. The van der Waals surface area contributed by atoms with Crippen molar-refractivity contribution in [2.75, 3.05) is 60.4 Å². The van der Waals surface area contributed by atoms with Gasteiger partial charge in [-0.2, -0.15) is 0 Å². The van der Waals surface area contributed by atoms with E-state index in [0.717, 1.165) is 0 Å². The van der Waals surface area contributed by atoms with Crippen LogP contribution in [0.2, 0.25) is 0 Å². The van der Waals surface area contributed by atoms with Gasteiger partial charge in [-0.1, -0.05) is 0 Å². The summed E-state index contributed by atoms with van der Waals surface area (Å²) in [5.41, 5.74) is 0.221. The summed E-state index contributed by atoms with van der Waals surface area (Å²) < 4.78 is 41.7. The Balaban J connectivity index is 1.83. The van der Waals surface area contributed by atoms with Crippen LogP contribution in [0.3, 0.4) is 0 Å². The number of carbonyl (C=O) groups is 1. The predicted molar refractivity (Wildman–Crippen MR) is 104 cm³/mol. The minimum Gasteiger partial charge on any atom is -0.497 e. The summed E-state index contributed by atoms with van der Waals surface area (Å²) in [6.07, 6.45) is 1.93. The number of hydrogen-bond donors (Lipinski definition) is 0. The van der Waals surface area contributed by atoms with Crippen LogP contribution in [-0.4, -0.2) is 83.9 Å². The molecule has 1 aromatic rings. The molecule has 2 atom stereocenters. The molecule has 0 bridgehead atoms. The molecule has 0 aromatic heterocycles. The Hall–Kier alpha value is -1.84. The van der Waals surface area contributed by atoms with E-state index in [1.807, 2.05) is 0 Å². The number of likely N-dealkylation sites (tertiary alicyclic amines) is 1. The normalized spacial score (nSPS) is 25.4. The molecule has 0 spiro atoms. The number of fused-ring (bicyclic) bond motifs is 1. The van der Waals surface area contributed by atoms with Crippen LogP contribution in [0.5, 0.6) is 11.5 Å². The molecule has 1 amide bonds. The molecule has 0 N–H and O–H groups in total. The molecule has 0 unspecified atom stereocenters. The molecular weight excluding hydrogens is 384 g/mol. The number of piperidine rings is 1. The van der Waals surface area contributed by atoms with Crippen LogP contribution in [-0.2, 0) is 14.8 Å². The van der Waals surface area contributed by atoms with Crippen molar-refractivity contribution < 1.29 is 27.4 Å². The largest absolute Gasteiger partial charge is 0.497 e. The van der Waals surface area contributed by atoms with E-state index in [9.17, 15) is 13.2 Å². The van der Waals surface area contributed by atoms with Gasteiger partial charge in [-0.05, 0) is 24.5 Å². The van der Waals surface area contributed by atoms with Crippen molar-refractivity contribution in [3.8, 4) is 11.5 Å². The number of nitrogens with zero attached hydrogens (tertiary/aromatic N) is 2. The van der Waals surface area contributed by atoms with Crippen molar-refractivity contribution >= 4 is 15.9 Å². The number of hydrogen-bond acceptors (Lipinski definition) is 6. The fraction of sp³-hybridized carbons (Fsp3) is 0.632. The summed E-state index contributed by atoms with van der Waals surface area (Å²) in [6.45, 7) is 2.37. The van der Waals surface area contributed by atoms with Gasteiger partial charge in [0.1, 0.15) is 11.5 Å². The summed E-state index contributed by atoms with van der Waals surface area (Å²) in [5, 5.41) is 0. The molecule has 1 aromatic carbocycles. The van der Waals surface area contributed by atoms with Crippen molar-refractivity contribution in [1.29, 1.82) is 0 Å². The van der Waals surface area contributed by atoms with Gasteiger partial charge in [0.15, 0.2) is 0 Å². The Morgan fingerprint density at radius 2 is 1.96 bits per heavy atom. The number of rotatable bonds is 6. The average molecular weight is 413 g/mol.